The molecule has 6 nitrogen and oxygen atoms in total. The Bertz CT molecular complexity index is 1120. The normalized spacial score (nSPS) is 10.5. The fourth-order valence-corrected chi connectivity index (χ4v) is 3.11. The number of hydrogen-bond donors (Lipinski definition) is 1. The van der Waals surface area contributed by atoms with E-state index in [-0.39, 0.29) is 25.3 Å². The number of benzene rings is 2. The van der Waals surface area contributed by atoms with Gasteiger partial charge in [-0.15, -0.1) is 0 Å². The van der Waals surface area contributed by atoms with Crippen molar-refractivity contribution in [2.75, 3.05) is 7.11 Å². The van der Waals surface area contributed by atoms with Gasteiger partial charge in [-0.05, 0) is 47.5 Å². The molecule has 2 aromatic carbocycles. The molecule has 0 radical (unpaired) electrons. The fraction of sp³-hybridized carbons (Fsp3) is 0.0952. The number of carbonyl (C=O) groups is 1. The van der Waals surface area contributed by atoms with E-state index in [4.69, 9.17) is 9.84 Å². The number of aromatic nitrogens is 3. The number of aliphatic carboxylic acids is 1. The Morgan fingerprint density at radius 1 is 1.11 bits per heavy atom. The van der Waals surface area contributed by atoms with Gasteiger partial charge in [-0.2, -0.15) is 0 Å². The second-order valence-corrected chi connectivity index (χ2v) is 6.12. The van der Waals surface area contributed by atoms with Gasteiger partial charge < -0.3 is 9.84 Å². The first kappa shape index (κ1) is 19.7. The summed E-state index contributed by atoms with van der Waals surface area (Å²) in [5.41, 5.74) is 5.41. The van der Waals surface area contributed by atoms with E-state index in [0.717, 1.165) is 33.4 Å². The molecule has 0 unspecified atom stereocenters. The third kappa shape index (κ3) is 3.79. The van der Waals surface area contributed by atoms with Crippen LogP contribution in [0.15, 0.2) is 67.1 Å². The fourth-order valence-electron chi connectivity index (χ4n) is 3.11. The molecular formula is C21H18LiN3O3. The van der Waals surface area contributed by atoms with Crippen molar-refractivity contribution in [2.45, 2.75) is 6.42 Å². The number of carboxylic acid groups (broad SMARTS) is 1. The molecule has 0 aliphatic rings. The molecule has 0 amide bonds. The summed E-state index contributed by atoms with van der Waals surface area (Å²) in [6.07, 6.45) is 3.48. The van der Waals surface area contributed by atoms with E-state index in [0.29, 0.717) is 5.88 Å². The minimum absolute atomic E-state index is 0. The molecule has 0 fully saturated rings. The molecule has 0 aliphatic heterocycles. The van der Waals surface area contributed by atoms with Crippen LogP contribution in [0.2, 0.25) is 0 Å². The molecule has 0 aliphatic carbocycles. The maximum absolute atomic E-state index is 10.8. The molecule has 0 saturated carbocycles. The number of rotatable bonds is 5. The van der Waals surface area contributed by atoms with Crippen molar-refractivity contribution in [3.63, 3.8) is 0 Å². The van der Waals surface area contributed by atoms with Gasteiger partial charge in [0.1, 0.15) is 6.33 Å². The van der Waals surface area contributed by atoms with Gasteiger partial charge in [0.05, 0.1) is 24.6 Å². The van der Waals surface area contributed by atoms with Crippen molar-refractivity contribution in [1.82, 2.24) is 14.5 Å². The zero-order valence-corrected chi connectivity index (χ0v) is 14.7. The van der Waals surface area contributed by atoms with Gasteiger partial charge in [0, 0.05) is 17.4 Å². The SMILES string of the molecule is COc1ncccc1-c1ccc2c(c1)ncn2-c1ccc(CC(=O)O)cc1.[LiH]. The first-order valence-corrected chi connectivity index (χ1v) is 8.43. The molecular weight excluding hydrogens is 349 g/mol. The molecule has 7 heteroatoms. The molecule has 0 bridgehead atoms. The summed E-state index contributed by atoms with van der Waals surface area (Å²) in [5, 5.41) is 8.89. The maximum atomic E-state index is 10.8. The van der Waals surface area contributed by atoms with Crippen molar-refractivity contribution < 1.29 is 14.6 Å². The molecule has 4 aromatic rings. The van der Waals surface area contributed by atoms with E-state index in [2.05, 4.69) is 9.97 Å². The van der Waals surface area contributed by atoms with E-state index in [1.54, 1.807) is 19.6 Å². The third-order valence-corrected chi connectivity index (χ3v) is 4.39. The van der Waals surface area contributed by atoms with Crippen molar-refractivity contribution in [3.8, 4) is 22.7 Å². The number of imidazole rings is 1. The summed E-state index contributed by atoms with van der Waals surface area (Å²) in [6, 6.07) is 17.3. The average Bonchev–Trinajstić information content (AvgIpc) is 3.11. The Balaban J connectivity index is 0.00000225. The van der Waals surface area contributed by atoms with Crippen LogP contribution in [0.1, 0.15) is 5.56 Å². The summed E-state index contributed by atoms with van der Waals surface area (Å²) < 4.78 is 7.32. The molecule has 28 heavy (non-hydrogen) atoms. The van der Waals surface area contributed by atoms with Crippen LogP contribution in [0.3, 0.4) is 0 Å². The Labute approximate surface area is 174 Å². The molecule has 0 atom stereocenters. The molecule has 1 N–H and O–H groups in total. The predicted octanol–water partition coefficient (Wildman–Crippen LogP) is 3.07. The van der Waals surface area contributed by atoms with Crippen LogP contribution >= 0.6 is 0 Å². The topological polar surface area (TPSA) is 77.2 Å². The van der Waals surface area contributed by atoms with Gasteiger partial charge in [0.2, 0.25) is 5.88 Å². The first-order valence-electron chi connectivity index (χ1n) is 8.43. The zero-order valence-electron chi connectivity index (χ0n) is 14.7. The number of ether oxygens (including phenoxy) is 1. The van der Waals surface area contributed by atoms with Crippen molar-refractivity contribution in [3.05, 3.63) is 72.7 Å². The number of carboxylic acids is 1. The summed E-state index contributed by atoms with van der Waals surface area (Å²) in [7, 11) is 1.60. The molecule has 4 rings (SSSR count). The van der Waals surface area contributed by atoms with Gasteiger partial charge in [0.25, 0.3) is 0 Å². The Hall–Kier alpha value is -3.07. The minimum atomic E-state index is -0.839. The molecule has 0 saturated heterocycles. The van der Waals surface area contributed by atoms with E-state index >= 15 is 0 Å². The van der Waals surface area contributed by atoms with Crippen LogP contribution in [0, 0.1) is 0 Å². The van der Waals surface area contributed by atoms with Gasteiger partial charge in [0.15, 0.2) is 0 Å². The average molecular weight is 367 g/mol. The van der Waals surface area contributed by atoms with Crippen LogP contribution in [0.5, 0.6) is 5.88 Å². The van der Waals surface area contributed by atoms with Crippen molar-refractivity contribution in [2.24, 2.45) is 0 Å². The van der Waals surface area contributed by atoms with Crippen LogP contribution in [-0.4, -0.2) is 51.6 Å². The first-order chi connectivity index (χ1) is 13.2. The third-order valence-electron chi connectivity index (χ3n) is 4.39. The van der Waals surface area contributed by atoms with Crippen LogP contribution < -0.4 is 4.74 Å². The summed E-state index contributed by atoms with van der Waals surface area (Å²) in [6.45, 7) is 0. The molecule has 0 spiro atoms. The summed E-state index contributed by atoms with van der Waals surface area (Å²) in [4.78, 5) is 19.6. The Morgan fingerprint density at radius 2 is 1.89 bits per heavy atom. The van der Waals surface area contributed by atoms with E-state index < -0.39 is 5.97 Å². The molecule has 136 valence electrons. The standard InChI is InChI=1S/C21H17N3O3.Li.H/c1-27-21-17(3-2-10-22-21)15-6-9-19-18(12-15)23-13-24(19)16-7-4-14(5-8-16)11-20(25)26;;/h2-10,12-13H,11H2,1H3,(H,25,26);;. The number of nitrogens with zero attached hydrogens (tertiary/aromatic N) is 3. The van der Waals surface area contributed by atoms with Gasteiger partial charge in [-0.25, -0.2) is 9.97 Å². The summed E-state index contributed by atoms with van der Waals surface area (Å²) >= 11 is 0. The monoisotopic (exact) mass is 367 g/mol. The number of fused-ring (bicyclic) bond motifs is 1. The Kier molecular flexibility index (Phi) is 5.83. The summed E-state index contributed by atoms with van der Waals surface area (Å²) in [5.74, 6) is -0.264. The number of pyridine rings is 1. The number of hydrogen-bond acceptors (Lipinski definition) is 4. The van der Waals surface area contributed by atoms with Crippen LogP contribution in [-0.2, 0) is 11.2 Å². The quantitative estimate of drug-likeness (QED) is 0.549. The van der Waals surface area contributed by atoms with Crippen LogP contribution in [0.4, 0.5) is 0 Å². The number of methoxy groups -OCH3 is 1. The van der Waals surface area contributed by atoms with Crippen molar-refractivity contribution in [1.29, 1.82) is 0 Å². The zero-order chi connectivity index (χ0) is 18.8. The molecule has 2 heterocycles. The predicted molar refractivity (Wildman–Crippen MR) is 109 cm³/mol. The van der Waals surface area contributed by atoms with E-state index in [1.807, 2.05) is 59.2 Å². The second-order valence-electron chi connectivity index (χ2n) is 6.12. The molecule has 2 aromatic heterocycles. The van der Waals surface area contributed by atoms with Crippen molar-refractivity contribution >= 4 is 35.9 Å². The van der Waals surface area contributed by atoms with Crippen LogP contribution in [0.25, 0.3) is 27.8 Å². The van der Waals surface area contributed by atoms with Gasteiger partial charge in [-0.1, -0.05) is 18.2 Å². The van der Waals surface area contributed by atoms with Gasteiger partial charge in [-0.3, -0.25) is 9.36 Å². The van der Waals surface area contributed by atoms with E-state index in [1.165, 1.54) is 0 Å². The van der Waals surface area contributed by atoms with Gasteiger partial charge >= 0.3 is 24.8 Å². The van der Waals surface area contributed by atoms with E-state index in [9.17, 15) is 4.79 Å². The second kappa shape index (κ2) is 8.30. The Morgan fingerprint density at radius 3 is 2.61 bits per heavy atom.